The van der Waals surface area contributed by atoms with Gasteiger partial charge in [-0.1, -0.05) is 12.1 Å². The van der Waals surface area contributed by atoms with Crippen molar-refractivity contribution in [3.63, 3.8) is 0 Å². The molecule has 7 heteroatoms. The fourth-order valence-electron chi connectivity index (χ4n) is 3.24. The van der Waals surface area contributed by atoms with Crippen molar-refractivity contribution in [3.8, 4) is 0 Å². The van der Waals surface area contributed by atoms with Crippen molar-refractivity contribution in [1.29, 1.82) is 0 Å². The van der Waals surface area contributed by atoms with E-state index in [1.807, 2.05) is 19.1 Å². The van der Waals surface area contributed by atoms with Gasteiger partial charge in [-0.25, -0.2) is 0 Å². The van der Waals surface area contributed by atoms with Gasteiger partial charge in [-0.2, -0.15) is 13.2 Å². The molecule has 0 bridgehead atoms. The van der Waals surface area contributed by atoms with Crippen molar-refractivity contribution in [2.45, 2.75) is 38.6 Å². The van der Waals surface area contributed by atoms with Crippen LogP contribution in [0.2, 0.25) is 0 Å². The highest BCUT2D eigenvalue weighted by atomic mass is 19.4. The van der Waals surface area contributed by atoms with Gasteiger partial charge >= 0.3 is 6.18 Å². The number of alkyl halides is 3. The molecule has 140 valence electrons. The van der Waals surface area contributed by atoms with Gasteiger partial charge in [0.05, 0.1) is 13.2 Å². The molecule has 4 nitrogen and oxygen atoms in total. The van der Waals surface area contributed by atoms with Gasteiger partial charge in [0, 0.05) is 18.7 Å². The number of ether oxygens (including phenoxy) is 1. The molecule has 1 amide bonds. The predicted octanol–water partition coefficient (Wildman–Crippen LogP) is 3.23. The van der Waals surface area contributed by atoms with Gasteiger partial charge in [-0.3, -0.25) is 9.69 Å². The van der Waals surface area contributed by atoms with Gasteiger partial charge in [0.2, 0.25) is 0 Å². The molecule has 1 fully saturated rings. The van der Waals surface area contributed by atoms with Gasteiger partial charge in [0.15, 0.2) is 0 Å². The topological polar surface area (TPSA) is 41.6 Å². The molecule has 0 spiro atoms. The van der Waals surface area contributed by atoms with E-state index in [1.165, 1.54) is 4.90 Å². The Bertz CT molecular complexity index is 570. The summed E-state index contributed by atoms with van der Waals surface area (Å²) in [4.78, 5) is 13.8. The fraction of sp³-hybridized carbons (Fsp3) is 0.611. The molecule has 1 aliphatic rings. The van der Waals surface area contributed by atoms with Crippen LogP contribution in [-0.2, 0) is 11.3 Å². The van der Waals surface area contributed by atoms with Gasteiger partial charge in [-0.15, -0.1) is 0 Å². The molecule has 0 aromatic heterocycles. The van der Waals surface area contributed by atoms with Gasteiger partial charge in [-0.05, 0) is 56.5 Å². The average Bonchev–Trinajstić information content (AvgIpc) is 2.54. The van der Waals surface area contributed by atoms with E-state index in [-0.39, 0.29) is 17.9 Å². The van der Waals surface area contributed by atoms with Crippen LogP contribution in [0, 0.1) is 5.92 Å². The predicted molar refractivity (Wildman–Crippen MR) is 89.3 cm³/mol. The molecule has 0 saturated carbocycles. The van der Waals surface area contributed by atoms with Crippen molar-refractivity contribution >= 4 is 5.91 Å². The Balaban J connectivity index is 1.85. The summed E-state index contributed by atoms with van der Waals surface area (Å²) in [7, 11) is 1.60. The number of nitrogens with zero attached hydrogens (tertiary/aromatic N) is 1. The molecule has 1 N–H and O–H groups in total. The molecule has 1 atom stereocenters. The zero-order valence-corrected chi connectivity index (χ0v) is 14.6. The van der Waals surface area contributed by atoms with E-state index in [4.69, 9.17) is 4.74 Å². The van der Waals surface area contributed by atoms with Gasteiger partial charge in [0.1, 0.15) is 0 Å². The lowest BCUT2D eigenvalue weighted by atomic mass is 9.90. The SMILES string of the molecule is COCc1cccc(C(=O)N[C@H](C)C2CCN(CC(F)(F)F)CC2)c1. The van der Waals surface area contributed by atoms with Crippen molar-refractivity contribution < 1.29 is 22.7 Å². The van der Waals surface area contributed by atoms with E-state index in [0.717, 1.165) is 5.56 Å². The lowest BCUT2D eigenvalue weighted by molar-refractivity contribution is -0.148. The highest BCUT2D eigenvalue weighted by Gasteiger charge is 2.33. The molecule has 1 saturated heterocycles. The lowest BCUT2D eigenvalue weighted by Crippen LogP contribution is -2.46. The molecule has 25 heavy (non-hydrogen) atoms. The quantitative estimate of drug-likeness (QED) is 0.849. The largest absolute Gasteiger partial charge is 0.401 e. The first-order valence-corrected chi connectivity index (χ1v) is 8.46. The van der Waals surface area contributed by atoms with Crippen LogP contribution in [0.4, 0.5) is 13.2 Å². The van der Waals surface area contributed by atoms with Crippen LogP contribution in [0.25, 0.3) is 0 Å². The number of likely N-dealkylation sites (tertiary alicyclic amines) is 1. The zero-order chi connectivity index (χ0) is 18.4. The first kappa shape index (κ1) is 19.7. The Labute approximate surface area is 146 Å². The Morgan fingerprint density at radius 2 is 2.04 bits per heavy atom. The molecule has 1 heterocycles. The summed E-state index contributed by atoms with van der Waals surface area (Å²) in [5.74, 6) is 0.0266. The number of hydrogen-bond acceptors (Lipinski definition) is 3. The molecule has 1 aromatic carbocycles. The summed E-state index contributed by atoms with van der Waals surface area (Å²) in [5, 5.41) is 2.98. The van der Waals surface area contributed by atoms with Gasteiger partial charge < -0.3 is 10.1 Å². The number of benzene rings is 1. The van der Waals surface area contributed by atoms with Crippen molar-refractivity contribution in [2.24, 2.45) is 5.92 Å². The van der Waals surface area contributed by atoms with Crippen LogP contribution in [-0.4, -0.2) is 49.8 Å². The van der Waals surface area contributed by atoms with Crippen molar-refractivity contribution in [2.75, 3.05) is 26.7 Å². The lowest BCUT2D eigenvalue weighted by Gasteiger charge is -2.35. The standard InChI is InChI=1S/C18H25F3N2O2/c1-13(15-6-8-23(9-7-15)12-18(19,20)21)22-17(24)16-5-3-4-14(10-16)11-25-2/h3-5,10,13,15H,6-9,11-12H2,1-2H3,(H,22,24)/t13-/m1/s1. The van der Waals surface area contributed by atoms with E-state index in [2.05, 4.69) is 5.32 Å². The molecule has 0 unspecified atom stereocenters. The molecule has 1 aliphatic heterocycles. The van der Waals surface area contributed by atoms with Crippen LogP contribution in [0.1, 0.15) is 35.7 Å². The molecule has 0 aliphatic carbocycles. The Morgan fingerprint density at radius 3 is 2.64 bits per heavy atom. The highest BCUT2D eigenvalue weighted by molar-refractivity contribution is 5.94. The van der Waals surface area contributed by atoms with E-state index >= 15 is 0 Å². The number of nitrogens with one attached hydrogen (secondary N) is 1. The van der Waals surface area contributed by atoms with Crippen LogP contribution in [0.5, 0.6) is 0 Å². The second-order valence-electron chi connectivity index (χ2n) is 6.62. The number of carbonyl (C=O) groups excluding carboxylic acids is 1. The third-order valence-electron chi connectivity index (χ3n) is 4.60. The summed E-state index contributed by atoms with van der Waals surface area (Å²) < 4.78 is 42.4. The number of rotatable bonds is 6. The zero-order valence-electron chi connectivity index (χ0n) is 14.6. The molecule has 0 radical (unpaired) electrons. The van der Waals surface area contributed by atoms with Gasteiger partial charge in [0.25, 0.3) is 5.91 Å². The Hall–Kier alpha value is -1.60. The van der Waals surface area contributed by atoms with E-state index in [9.17, 15) is 18.0 Å². The minimum Gasteiger partial charge on any atom is -0.380 e. The summed E-state index contributed by atoms with van der Waals surface area (Å²) in [6, 6.07) is 7.15. The average molecular weight is 358 g/mol. The van der Waals surface area contributed by atoms with E-state index in [0.29, 0.717) is 38.1 Å². The minimum absolute atomic E-state index is 0.0772. The van der Waals surface area contributed by atoms with Crippen molar-refractivity contribution in [1.82, 2.24) is 10.2 Å². The monoisotopic (exact) mass is 358 g/mol. The van der Waals surface area contributed by atoms with Crippen LogP contribution in [0.15, 0.2) is 24.3 Å². The summed E-state index contributed by atoms with van der Waals surface area (Å²) in [5.41, 5.74) is 1.49. The van der Waals surface area contributed by atoms with E-state index in [1.54, 1.807) is 19.2 Å². The Morgan fingerprint density at radius 1 is 1.36 bits per heavy atom. The second-order valence-corrected chi connectivity index (χ2v) is 6.62. The molecule has 1 aromatic rings. The third kappa shape index (κ3) is 6.32. The molecule has 2 rings (SSSR count). The minimum atomic E-state index is -4.15. The van der Waals surface area contributed by atoms with Crippen LogP contribution < -0.4 is 5.32 Å². The summed E-state index contributed by atoms with van der Waals surface area (Å²) in [6.45, 7) is 2.32. The maximum Gasteiger partial charge on any atom is 0.401 e. The number of halogens is 3. The van der Waals surface area contributed by atoms with Crippen molar-refractivity contribution in [3.05, 3.63) is 35.4 Å². The molecular weight excluding hydrogens is 333 g/mol. The first-order valence-electron chi connectivity index (χ1n) is 8.46. The molecular formula is C18H25F3N2O2. The summed E-state index contributed by atoms with van der Waals surface area (Å²) >= 11 is 0. The number of piperidine rings is 1. The third-order valence-corrected chi connectivity index (χ3v) is 4.60. The number of methoxy groups -OCH3 is 1. The Kier molecular flexibility index (Phi) is 6.84. The van der Waals surface area contributed by atoms with Crippen LogP contribution >= 0.6 is 0 Å². The number of hydrogen-bond donors (Lipinski definition) is 1. The maximum absolute atomic E-state index is 12.4. The first-order chi connectivity index (χ1) is 11.8. The highest BCUT2D eigenvalue weighted by Crippen LogP contribution is 2.24. The fourth-order valence-corrected chi connectivity index (χ4v) is 3.24. The summed E-state index contributed by atoms with van der Waals surface area (Å²) in [6.07, 6.45) is -2.84. The van der Waals surface area contributed by atoms with Crippen LogP contribution in [0.3, 0.4) is 0 Å². The normalized spacial score (nSPS) is 18.1. The number of amides is 1. The maximum atomic E-state index is 12.4. The second kappa shape index (κ2) is 8.67. The van der Waals surface area contributed by atoms with E-state index < -0.39 is 12.7 Å². The smallest absolute Gasteiger partial charge is 0.380 e. The number of carbonyl (C=O) groups is 1.